The Morgan fingerprint density at radius 2 is 2.16 bits per heavy atom. The van der Waals surface area contributed by atoms with Crippen LogP contribution in [0.4, 0.5) is 10.2 Å². The normalized spacial score (nSPS) is 17.4. The Morgan fingerprint density at radius 1 is 1.47 bits per heavy atom. The van der Waals surface area contributed by atoms with Crippen molar-refractivity contribution in [3.63, 3.8) is 0 Å². The molecular formula is C13H18FN3O2. The topological polar surface area (TPSA) is 75.1 Å². The maximum atomic E-state index is 14.1. The second-order valence-corrected chi connectivity index (χ2v) is 5.02. The first-order valence-electron chi connectivity index (χ1n) is 6.56. The summed E-state index contributed by atoms with van der Waals surface area (Å²) in [7, 11) is 0. The van der Waals surface area contributed by atoms with Gasteiger partial charge in [-0.25, -0.2) is 14.4 Å². The number of hydrogen-bond donors (Lipinski definition) is 2. The molecule has 104 valence electrons. The Balaban J connectivity index is 2.24. The zero-order valence-corrected chi connectivity index (χ0v) is 10.9. The van der Waals surface area contributed by atoms with E-state index in [0.717, 1.165) is 25.7 Å². The van der Waals surface area contributed by atoms with Gasteiger partial charge in [0.05, 0.1) is 12.1 Å². The summed E-state index contributed by atoms with van der Waals surface area (Å²) in [6.07, 6.45) is 5.14. The number of anilines is 1. The van der Waals surface area contributed by atoms with Gasteiger partial charge in [0.2, 0.25) is 0 Å². The van der Waals surface area contributed by atoms with E-state index in [1.54, 1.807) is 0 Å². The number of nitrogens with one attached hydrogen (secondary N) is 1. The van der Waals surface area contributed by atoms with E-state index < -0.39 is 17.3 Å². The van der Waals surface area contributed by atoms with Crippen LogP contribution in [0.2, 0.25) is 0 Å². The maximum Gasteiger partial charge on any atom is 0.305 e. The minimum atomic E-state index is -0.875. The Morgan fingerprint density at radius 3 is 2.74 bits per heavy atom. The van der Waals surface area contributed by atoms with Crippen LogP contribution in [0.25, 0.3) is 0 Å². The molecule has 0 spiro atoms. The summed E-state index contributed by atoms with van der Waals surface area (Å²) in [4.78, 5) is 18.8. The number of carbonyl (C=O) groups is 1. The number of aromatic nitrogens is 2. The highest BCUT2D eigenvalue weighted by atomic mass is 19.1. The predicted octanol–water partition coefficient (Wildman–Crippen LogP) is 2.38. The number of carboxylic acid groups (broad SMARTS) is 1. The summed E-state index contributed by atoms with van der Waals surface area (Å²) < 4.78 is 14.1. The standard InChI is InChI=1S/C13H18FN3O2/c1-2-9-11(14)12(16-8-15-9)17-13(7-10(18)19)5-3-4-6-13/h8H,2-7H2,1H3,(H,18,19)(H,15,16,17). The average Bonchev–Trinajstić information content (AvgIpc) is 2.79. The number of rotatable bonds is 5. The zero-order valence-electron chi connectivity index (χ0n) is 10.9. The molecule has 0 saturated heterocycles. The molecule has 1 heterocycles. The van der Waals surface area contributed by atoms with Crippen LogP contribution in [0.1, 0.15) is 44.7 Å². The molecule has 1 saturated carbocycles. The van der Waals surface area contributed by atoms with Crippen molar-refractivity contribution in [1.82, 2.24) is 9.97 Å². The molecule has 2 rings (SSSR count). The molecule has 0 aliphatic heterocycles. The van der Waals surface area contributed by atoms with Gasteiger partial charge in [-0.15, -0.1) is 0 Å². The van der Waals surface area contributed by atoms with Crippen LogP contribution in [-0.2, 0) is 11.2 Å². The number of aryl methyl sites for hydroxylation is 1. The molecule has 1 aliphatic rings. The largest absolute Gasteiger partial charge is 0.481 e. The van der Waals surface area contributed by atoms with E-state index in [1.165, 1.54) is 6.33 Å². The Bertz CT molecular complexity index is 473. The van der Waals surface area contributed by atoms with Crippen LogP contribution in [-0.4, -0.2) is 26.6 Å². The van der Waals surface area contributed by atoms with Gasteiger partial charge in [0.25, 0.3) is 0 Å². The summed E-state index contributed by atoms with van der Waals surface area (Å²) in [6, 6.07) is 0. The SMILES string of the molecule is CCc1ncnc(NC2(CC(=O)O)CCCC2)c1F. The lowest BCUT2D eigenvalue weighted by Gasteiger charge is -2.29. The van der Waals surface area contributed by atoms with Crippen molar-refractivity contribution in [2.24, 2.45) is 0 Å². The fraction of sp³-hybridized carbons (Fsp3) is 0.615. The van der Waals surface area contributed by atoms with E-state index in [0.29, 0.717) is 12.1 Å². The molecule has 0 aromatic carbocycles. The molecule has 19 heavy (non-hydrogen) atoms. The number of nitrogens with zero attached hydrogens (tertiary/aromatic N) is 2. The van der Waals surface area contributed by atoms with Crippen LogP contribution >= 0.6 is 0 Å². The van der Waals surface area contributed by atoms with E-state index >= 15 is 0 Å². The van der Waals surface area contributed by atoms with E-state index in [4.69, 9.17) is 5.11 Å². The van der Waals surface area contributed by atoms with Crippen LogP contribution in [0.5, 0.6) is 0 Å². The number of halogens is 1. The first-order chi connectivity index (χ1) is 9.06. The Hall–Kier alpha value is -1.72. The third-order valence-electron chi connectivity index (χ3n) is 3.63. The van der Waals surface area contributed by atoms with E-state index in [2.05, 4.69) is 15.3 Å². The van der Waals surface area contributed by atoms with Crippen molar-refractivity contribution in [3.8, 4) is 0 Å². The number of aliphatic carboxylic acids is 1. The Labute approximate surface area is 111 Å². The third-order valence-corrected chi connectivity index (χ3v) is 3.63. The molecular weight excluding hydrogens is 249 g/mol. The third kappa shape index (κ3) is 3.00. The molecule has 1 aromatic heterocycles. The van der Waals surface area contributed by atoms with Crippen molar-refractivity contribution in [2.45, 2.75) is 51.0 Å². The minimum Gasteiger partial charge on any atom is -0.481 e. The molecule has 1 aromatic rings. The van der Waals surface area contributed by atoms with Crippen molar-refractivity contribution < 1.29 is 14.3 Å². The smallest absolute Gasteiger partial charge is 0.305 e. The lowest BCUT2D eigenvalue weighted by Crippen LogP contribution is -2.38. The summed E-state index contributed by atoms with van der Waals surface area (Å²) >= 11 is 0. The molecule has 0 unspecified atom stereocenters. The van der Waals surface area contributed by atoms with Crippen molar-refractivity contribution >= 4 is 11.8 Å². The lowest BCUT2D eigenvalue weighted by molar-refractivity contribution is -0.138. The van der Waals surface area contributed by atoms with Gasteiger partial charge in [-0.2, -0.15) is 0 Å². The highest BCUT2D eigenvalue weighted by Crippen LogP contribution is 2.36. The molecule has 6 heteroatoms. The van der Waals surface area contributed by atoms with Crippen LogP contribution in [0, 0.1) is 5.82 Å². The quantitative estimate of drug-likeness (QED) is 0.856. The van der Waals surface area contributed by atoms with E-state index in [-0.39, 0.29) is 12.2 Å². The molecule has 0 radical (unpaired) electrons. The van der Waals surface area contributed by atoms with Gasteiger partial charge in [-0.1, -0.05) is 19.8 Å². The highest BCUT2D eigenvalue weighted by molar-refractivity contribution is 5.69. The maximum absolute atomic E-state index is 14.1. The zero-order chi connectivity index (χ0) is 13.9. The lowest BCUT2D eigenvalue weighted by atomic mass is 9.93. The van der Waals surface area contributed by atoms with Gasteiger partial charge < -0.3 is 10.4 Å². The van der Waals surface area contributed by atoms with E-state index in [9.17, 15) is 9.18 Å². The van der Waals surface area contributed by atoms with Crippen molar-refractivity contribution in [1.29, 1.82) is 0 Å². The molecule has 1 fully saturated rings. The van der Waals surface area contributed by atoms with Crippen molar-refractivity contribution in [3.05, 3.63) is 17.8 Å². The monoisotopic (exact) mass is 267 g/mol. The van der Waals surface area contributed by atoms with Gasteiger partial charge >= 0.3 is 5.97 Å². The fourth-order valence-corrected chi connectivity index (χ4v) is 2.68. The summed E-state index contributed by atoms with van der Waals surface area (Å²) in [5.74, 6) is -1.23. The molecule has 0 amide bonds. The first kappa shape index (κ1) is 13.7. The second-order valence-electron chi connectivity index (χ2n) is 5.02. The second kappa shape index (κ2) is 5.50. The van der Waals surface area contributed by atoms with Crippen molar-refractivity contribution in [2.75, 3.05) is 5.32 Å². The predicted molar refractivity (Wildman–Crippen MR) is 68.4 cm³/mol. The average molecular weight is 267 g/mol. The van der Waals surface area contributed by atoms with Crippen LogP contribution < -0.4 is 5.32 Å². The number of carboxylic acids is 1. The van der Waals surface area contributed by atoms with Gasteiger partial charge in [0, 0.05) is 5.54 Å². The molecule has 1 aliphatic carbocycles. The van der Waals surface area contributed by atoms with Gasteiger partial charge in [-0.05, 0) is 19.3 Å². The number of hydrogen-bond acceptors (Lipinski definition) is 4. The van der Waals surface area contributed by atoms with Gasteiger partial charge in [0.1, 0.15) is 6.33 Å². The van der Waals surface area contributed by atoms with Crippen LogP contribution in [0.15, 0.2) is 6.33 Å². The summed E-state index contributed by atoms with van der Waals surface area (Å²) in [6.45, 7) is 1.82. The highest BCUT2D eigenvalue weighted by Gasteiger charge is 2.37. The summed E-state index contributed by atoms with van der Waals surface area (Å²) in [5, 5.41) is 12.0. The Kier molecular flexibility index (Phi) is 3.97. The molecule has 0 bridgehead atoms. The molecule has 0 atom stereocenters. The fourth-order valence-electron chi connectivity index (χ4n) is 2.68. The first-order valence-corrected chi connectivity index (χ1v) is 6.56. The molecule has 2 N–H and O–H groups in total. The van der Waals surface area contributed by atoms with Gasteiger partial charge in [-0.3, -0.25) is 4.79 Å². The molecule has 5 nitrogen and oxygen atoms in total. The summed E-state index contributed by atoms with van der Waals surface area (Å²) in [5.41, 5.74) is -0.229. The minimum absolute atomic E-state index is 0.0160. The van der Waals surface area contributed by atoms with Gasteiger partial charge in [0.15, 0.2) is 11.6 Å². The van der Waals surface area contributed by atoms with E-state index in [1.807, 2.05) is 6.92 Å². The van der Waals surface area contributed by atoms with Crippen LogP contribution in [0.3, 0.4) is 0 Å².